The van der Waals surface area contributed by atoms with Crippen molar-refractivity contribution >= 4 is 61.4 Å². The Bertz CT molecular complexity index is 2430. The molecule has 3 aromatic rings. The number of imide groups is 1. The second kappa shape index (κ2) is 33.5. The zero-order valence-electron chi connectivity index (χ0n) is 45.8. The number of benzene rings is 2. The van der Waals surface area contributed by atoms with E-state index in [1.807, 2.05) is 55.7 Å². The topological polar surface area (TPSA) is 233 Å². The zero-order valence-corrected chi connectivity index (χ0v) is 47.6. The predicted molar refractivity (Wildman–Crippen MR) is 294 cm³/mol. The highest BCUT2D eigenvalue weighted by Gasteiger charge is 2.37. The molecule has 1 aliphatic heterocycles. The number of nitrogens with zero attached hydrogens (tertiary/aromatic N) is 3. The van der Waals surface area contributed by atoms with E-state index in [2.05, 4.69) is 35.6 Å². The molecule has 0 radical (unpaired) electrons. The van der Waals surface area contributed by atoms with Gasteiger partial charge in [0, 0.05) is 88.8 Å². The van der Waals surface area contributed by atoms with Crippen LogP contribution in [0.5, 0.6) is 0 Å². The summed E-state index contributed by atoms with van der Waals surface area (Å²) in [4.78, 5) is 90.0. The fraction of sp³-hybridized carbons (Fsp3) is 0.545. The number of thioether (sulfide) groups is 1. The van der Waals surface area contributed by atoms with Gasteiger partial charge in [0.15, 0.2) is 0 Å². The molecule has 0 aliphatic carbocycles. The number of rotatable bonds is 37. The van der Waals surface area contributed by atoms with Crippen molar-refractivity contribution in [3.05, 3.63) is 95.8 Å². The van der Waals surface area contributed by atoms with E-state index in [0.717, 1.165) is 34.7 Å². The van der Waals surface area contributed by atoms with Gasteiger partial charge < -0.3 is 54.2 Å². The lowest BCUT2D eigenvalue weighted by Crippen LogP contribution is -2.44. The number of hydrogen-bond donors (Lipinski definition) is 4. The first-order valence-electron chi connectivity index (χ1n) is 26.2. The van der Waals surface area contributed by atoms with Crippen molar-refractivity contribution in [3.8, 4) is 11.1 Å². The van der Waals surface area contributed by atoms with Crippen molar-refractivity contribution in [2.45, 2.75) is 90.8 Å². The van der Waals surface area contributed by atoms with E-state index in [1.165, 1.54) is 23.9 Å². The molecule has 2 atom stereocenters. The molecular weight excluding hydrogens is 1050 g/mol. The maximum absolute atomic E-state index is 15.3. The second-order valence-corrected chi connectivity index (χ2v) is 27.5. The lowest BCUT2D eigenvalue weighted by molar-refractivity contribution is -0.142. The van der Waals surface area contributed by atoms with Crippen LogP contribution in [0.1, 0.15) is 63.8 Å². The van der Waals surface area contributed by atoms with Gasteiger partial charge >= 0.3 is 12.1 Å². The van der Waals surface area contributed by atoms with E-state index >= 15 is 4.39 Å². The number of carboxylic acids is 1. The largest absolute Gasteiger partial charge is 0.480 e. The van der Waals surface area contributed by atoms with Gasteiger partial charge in [0.05, 0.1) is 71.3 Å². The van der Waals surface area contributed by atoms with Crippen LogP contribution in [0.4, 0.5) is 13.6 Å². The number of aliphatic carboxylic acids is 1. The highest BCUT2D eigenvalue weighted by atomic mass is 32.2. The number of nitrogens with one attached hydrogen (secondary N) is 3. The van der Waals surface area contributed by atoms with Crippen molar-refractivity contribution in [2.75, 3.05) is 97.1 Å². The molecule has 78 heavy (non-hydrogen) atoms. The number of carboxylic acid groups (broad SMARTS) is 1. The van der Waals surface area contributed by atoms with Gasteiger partial charge in [-0.25, -0.2) is 18.4 Å². The van der Waals surface area contributed by atoms with Gasteiger partial charge in [-0.15, -0.1) is 0 Å². The smallest absolute Gasteiger partial charge is 0.407 e. The highest BCUT2D eigenvalue weighted by molar-refractivity contribution is 7.99. The Labute approximate surface area is 461 Å². The number of amides is 6. The lowest BCUT2D eigenvalue weighted by Gasteiger charge is -2.41. The summed E-state index contributed by atoms with van der Waals surface area (Å²) >= 11 is 1.22. The normalized spacial score (nSPS) is 13.4. The number of carbonyl (C=O) groups excluding carboxylic acids is 6. The summed E-state index contributed by atoms with van der Waals surface area (Å²) in [5, 5.41) is 18.0. The quantitative estimate of drug-likeness (QED) is 0.0277. The number of hydrogen-bond acceptors (Lipinski definition) is 13. The van der Waals surface area contributed by atoms with Crippen LogP contribution in [0.25, 0.3) is 11.1 Å². The number of ether oxygens (including phenoxy) is 5. The minimum Gasteiger partial charge on any atom is -0.480 e. The molecule has 6 amide bonds. The van der Waals surface area contributed by atoms with Crippen molar-refractivity contribution in [1.29, 1.82) is 0 Å². The Hall–Kier alpha value is -5.98. The molecule has 0 spiro atoms. The van der Waals surface area contributed by atoms with Crippen LogP contribution in [0, 0.1) is 17.0 Å². The molecule has 4 N–H and O–H groups in total. The summed E-state index contributed by atoms with van der Waals surface area (Å²) in [6.07, 6.45) is 3.85. The SMILES string of the molecule is CC(C)(C)[C@H](c1cc(-c2cc(F)ccc2F)cn1Cc1ccccc1)N(CCCNC(=O)OCC[Si](C)(C)C)C(=O)CSCC[C@H](NC(=O)CCOCCOCCOCCOCCNC(=O)CCN1C(=O)C=CC1=O)C(=O)O. The first-order valence-corrected chi connectivity index (χ1v) is 31.1. The maximum atomic E-state index is 15.3. The van der Waals surface area contributed by atoms with E-state index in [-0.39, 0.29) is 107 Å². The minimum absolute atomic E-state index is 0.000666. The Balaban J connectivity index is 1.23. The Kier molecular flexibility index (Phi) is 27.7. The summed E-state index contributed by atoms with van der Waals surface area (Å²) in [6.45, 7) is 15.8. The van der Waals surface area contributed by atoms with E-state index < -0.39 is 67.0 Å². The van der Waals surface area contributed by atoms with Gasteiger partial charge in [-0.1, -0.05) is 70.7 Å². The molecular formula is C55H78F2N6O13SSi. The fourth-order valence-electron chi connectivity index (χ4n) is 8.06. The van der Waals surface area contributed by atoms with Crippen LogP contribution in [-0.2, 0) is 59.0 Å². The van der Waals surface area contributed by atoms with Crippen molar-refractivity contribution in [2.24, 2.45) is 5.41 Å². The Morgan fingerprint density at radius 1 is 0.782 bits per heavy atom. The van der Waals surface area contributed by atoms with E-state index in [4.69, 9.17) is 23.7 Å². The summed E-state index contributed by atoms with van der Waals surface area (Å²) in [5.74, 6) is -4.20. The van der Waals surface area contributed by atoms with Crippen LogP contribution in [0.15, 0.2) is 72.9 Å². The molecule has 0 unspecified atom stereocenters. The van der Waals surface area contributed by atoms with E-state index in [1.54, 1.807) is 17.2 Å². The van der Waals surface area contributed by atoms with Gasteiger partial charge in [0.2, 0.25) is 17.7 Å². The average molecular weight is 1130 g/mol. The van der Waals surface area contributed by atoms with Crippen molar-refractivity contribution < 1.29 is 71.1 Å². The molecule has 23 heteroatoms. The van der Waals surface area contributed by atoms with Gasteiger partial charge in [0.1, 0.15) is 17.7 Å². The first-order chi connectivity index (χ1) is 37.1. The summed E-state index contributed by atoms with van der Waals surface area (Å²) in [6, 6.07) is 13.7. The predicted octanol–water partition coefficient (Wildman–Crippen LogP) is 6.43. The Morgan fingerprint density at radius 2 is 1.42 bits per heavy atom. The van der Waals surface area contributed by atoms with E-state index in [0.29, 0.717) is 50.7 Å². The van der Waals surface area contributed by atoms with Gasteiger partial charge in [0.25, 0.3) is 11.8 Å². The zero-order chi connectivity index (χ0) is 57.1. The third-order valence-electron chi connectivity index (χ3n) is 12.1. The molecule has 19 nitrogen and oxygen atoms in total. The highest BCUT2D eigenvalue weighted by Crippen LogP contribution is 2.41. The summed E-state index contributed by atoms with van der Waals surface area (Å²) < 4.78 is 59.2. The minimum atomic E-state index is -1.43. The average Bonchev–Trinajstić information content (AvgIpc) is 4.00. The van der Waals surface area contributed by atoms with Gasteiger partial charge in [-0.05, 0) is 59.9 Å². The van der Waals surface area contributed by atoms with Crippen LogP contribution < -0.4 is 16.0 Å². The number of halogens is 2. The molecule has 1 aliphatic rings. The summed E-state index contributed by atoms with van der Waals surface area (Å²) in [5.41, 5.74) is 1.51. The maximum Gasteiger partial charge on any atom is 0.407 e. The molecule has 4 rings (SSSR count). The molecule has 430 valence electrons. The molecule has 2 aromatic carbocycles. The fourth-order valence-corrected chi connectivity index (χ4v) is 9.66. The van der Waals surface area contributed by atoms with Gasteiger partial charge in [-0.2, -0.15) is 11.8 Å². The number of aromatic nitrogens is 1. The van der Waals surface area contributed by atoms with Crippen molar-refractivity contribution in [3.63, 3.8) is 0 Å². The third kappa shape index (κ3) is 23.9. The first kappa shape index (κ1) is 64.5. The van der Waals surface area contributed by atoms with Gasteiger partial charge in [-0.3, -0.25) is 28.9 Å². The van der Waals surface area contributed by atoms with Crippen LogP contribution in [-0.4, -0.2) is 172 Å². The Morgan fingerprint density at radius 3 is 2.05 bits per heavy atom. The van der Waals surface area contributed by atoms with Crippen LogP contribution in [0.3, 0.4) is 0 Å². The van der Waals surface area contributed by atoms with Crippen LogP contribution in [0.2, 0.25) is 25.7 Å². The molecule has 0 fully saturated rings. The second-order valence-electron chi connectivity index (χ2n) is 20.7. The van der Waals surface area contributed by atoms with Crippen LogP contribution >= 0.6 is 11.8 Å². The molecule has 1 aromatic heterocycles. The molecule has 0 saturated carbocycles. The standard InChI is InChI=1S/C55H78F2N6O13SSi/c1-55(2,3)52(46-35-41(43-36-42(56)13-14-44(43)57)38-61(46)37-40-11-8-7-9-12-40)63(22-10-20-59-54(71)76-32-34-78(4,5)6)51(68)39-77-33-19-45(53(69)70)60-48(65)18-24-72-26-28-74-30-31-75-29-27-73-25-21-58-47(64)17-23-62-49(66)15-16-50(62)67/h7-9,11-16,35-36,38,45,52H,10,17-34,37,39H2,1-6H3,(H,58,64)(H,59,71)(H,60,65)(H,69,70)/t45-,52-/m0/s1. The van der Waals surface area contributed by atoms with E-state index in [9.17, 15) is 43.1 Å². The van der Waals surface area contributed by atoms with Crippen molar-refractivity contribution in [1.82, 2.24) is 30.3 Å². The lowest BCUT2D eigenvalue weighted by atomic mass is 9.83. The number of carbonyl (C=O) groups is 7. The molecule has 0 saturated heterocycles. The third-order valence-corrected chi connectivity index (χ3v) is 14.7. The molecule has 2 heterocycles. The molecule has 0 bridgehead atoms. The summed E-state index contributed by atoms with van der Waals surface area (Å²) in [7, 11) is -1.43. The monoisotopic (exact) mass is 1130 g/mol. The number of alkyl carbamates (subject to hydrolysis) is 1.